The van der Waals surface area contributed by atoms with Crippen molar-refractivity contribution in [1.82, 2.24) is 19.8 Å². The van der Waals surface area contributed by atoms with Gasteiger partial charge in [-0.2, -0.15) is 0 Å². The second-order valence-electron chi connectivity index (χ2n) is 9.86. The summed E-state index contributed by atoms with van der Waals surface area (Å²) < 4.78 is 3.65. The number of fused-ring (bicyclic) bond motifs is 1. The van der Waals surface area contributed by atoms with Gasteiger partial charge >= 0.3 is 6.03 Å². The van der Waals surface area contributed by atoms with Crippen molar-refractivity contribution in [1.29, 1.82) is 0 Å². The Balaban J connectivity index is 1.71. The molecular weight excluding hydrogens is 504 g/mol. The monoisotopic (exact) mass is 530 g/mol. The summed E-state index contributed by atoms with van der Waals surface area (Å²) in [6.45, 7) is 2.61. The predicted molar refractivity (Wildman–Crippen MR) is 152 cm³/mol. The van der Waals surface area contributed by atoms with Gasteiger partial charge < -0.3 is 9.13 Å². The Morgan fingerprint density at radius 3 is 1.73 bits per heavy atom. The third-order valence-electron chi connectivity index (χ3n) is 7.27. The smallest absolute Gasteiger partial charge is 0.328 e. The number of hydrogen-bond donors (Lipinski definition) is 2. The number of nitrogens with one attached hydrogen (secondary N) is 2. The van der Waals surface area contributed by atoms with E-state index in [0.29, 0.717) is 24.3 Å². The van der Waals surface area contributed by atoms with Gasteiger partial charge in [-0.25, -0.2) is 4.79 Å². The Kier molecular flexibility index (Phi) is 6.36. The Morgan fingerprint density at radius 1 is 0.675 bits per heavy atom. The lowest BCUT2D eigenvalue weighted by Gasteiger charge is -2.22. The Bertz CT molecular complexity index is 1800. The van der Waals surface area contributed by atoms with Crippen LogP contribution in [0.5, 0.6) is 0 Å². The van der Waals surface area contributed by atoms with Gasteiger partial charge in [-0.1, -0.05) is 91.0 Å². The minimum atomic E-state index is -1.40. The molecule has 8 heteroatoms. The number of carbonyl (C=O) groups excluding carboxylic acids is 3. The number of barbiturate groups is 1. The molecule has 1 aliphatic rings. The fourth-order valence-electron chi connectivity index (χ4n) is 5.46. The second-order valence-corrected chi connectivity index (χ2v) is 9.86. The van der Waals surface area contributed by atoms with Crippen LogP contribution < -0.4 is 16.2 Å². The van der Waals surface area contributed by atoms with E-state index in [-0.39, 0.29) is 16.5 Å². The van der Waals surface area contributed by atoms with Crippen molar-refractivity contribution in [3.05, 3.63) is 130 Å². The summed E-state index contributed by atoms with van der Waals surface area (Å²) in [5.41, 5.74) is 4.59. The molecule has 6 rings (SSSR count). The van der Waals surface area contributed by atoms with Crippen molar-refractivity contribution in [2.75, 3.05) is 0 Å². The molecule has 1 aliphatic heterocycles. The highest BCUT2D eigenvalue weighted by Gasteiger charge is 2.41. The van der Waals surface area contributed by atoms with Gasteiger partial charge in [-0.15, -0.1) is 0 Å². The molecule has 0 saturated carbocycles. The second kappa shape index (κ2) is 10.1. The molecule has 8 nitrogen and oxygen atoms in total. The van der Waals surface area contributed by atoms with Crippen LogP contribution in [0.15, 0.2) is 102 Å². The SMILES string of the molecule is Cc1cc2c(c(C3C(=O)NC(=O)NC3=O)c(-c3ccccc3)n2Cc2ccccc2)c(=O)n1Cc1ccccc1. The molecule has 0 spiro atoms. The minimum Gasteiger partial charge on any atom is -0.335 e. The van der Waals surface area contributed by atoms with E-state index in [1.54, 1.807) is 4.57 Å². The van der Waals surface area contributed by atoms with Gasteiger partial charge in [0.15, 0.2) is 0 Å². The highest BCUT2D eigenvalue weighted by Crippen LogP contribution is 2.39. The van der Waals surface area contributed by atoms with E-state index in [9.17, 15) is 19.2 Å². The van der Waals surface area contributed by atoms with Crippen molar-refractivity contribution in [3.63, 3.8) is 0 Å². The van der Waals surface area contributed by atoms with E-state index in [1.807, 2.05) is 109 Å². The normalized spacial score (nSPS) is 13.9. The molecule has 0 bridgehead atoms. The average Bonchev–Trinajstić information content (AvgIpc) is 3.25. The van der Waals surface area contributed by atoms with E-state index in [2.05, 4.69) is 10.6 Å². The Labute approximate surface area is 229 Å². The van der Waals surface area contributed by atoms with Crippen LogP contribution in [0.1, 0.15) is 28.3 Å². The molecule has 198 valence electrons. The summed E-state index contributed by atoms with van der Waals surface area (Å²) in [5, 5.41) is 4.71. The number of urea groups is 1. The summed E-state index contributed by atoms with van der Waals surface area (Å²) >= 11 is 0. The molecule has 5 aromatic rings. The summed E-state index contributed by atoms with van der Waals surface area (Å²) in [6.07, 6.45) is 0. The molecule has 2 N–H and O–H groups in total. The zero-order valence-corrected chi connectivity index (χ0v) is 21.8. The number of carbonyl (C=O) groups is 3. The van der Waals surface area contributed by atoms with E-state index < -0.39 is 23.8 Å². The highest BCUT2D eigenvalue weighted by molar-refractivity contribution is 6.21. The summed E-state index contributed by atoms with van der Waals surface area (Å²) in [4.78, 5) is 52.8. The van der Waals surface area contributed by atoms with Crippen molar-refractivity contribution in [2.45, 2.75) is 25.9 Å². The first-order valence-electron chi connectivity index (χ1n) is 13.0. The quantitative estimate of drug-likeness (QED) is 0.319. The first kappa shape index (κ1) is 25.1. The van der Waals surface area contributed by atoms with Gasteiger partial charge in [0.05, 0.1) is 23.1 Å². The van der Waals surface area contributed by atoms with Gasteiger partial charge in [0, 0.05) is 17.8 Å². The van der Waals surface area contributed by atoms with Crippen LogP contribution in [0.3, 0.4) is 0 Å². The number of imide groups is 2. The molecular formula is C32H26N4O4. The lowest BCUT2D eigenvalue weighted by atomic mass is 9.91. The van der Waals surface area contributed by atoms with Crippen molar-refractivity contribution in [3.8, 4) is 11.3 Å². The Morgan fingerprint density at radius 2 is 1.18 bits per heavy atom. The molecule has 0 aliphatic carbocycles. The van der Waals surface area contributed by atoms with Crippen LogP contribution in [0.2, 0.25) is 0 Å². The van der Waals surface area contributed by atoms with Crippen molar-refractivity contribution >= 4 is 28.7 Å². The van der Waals surface area contributed by atoms with Gasteiger partial charge in [-0.05, 0) is 29.7 Å². The summed E-state index contributed by atoms with van der Waals surface area (Å²) in [5.74, 6) is -2.92. The molecule has 1 saturated heterocycles. The number of amides is 4. The standard InChI is InChI=1S/C32H26N4O4/c1-20-17-24-25(31(39)35(20)18-21-11-5-2-6-12-21)26(27-29(37)33-32(40)34-30(27)38)28(23-15-9-4-10-16-23)36(24)19-22-13-7-3-8-14-22/h2-17,27H,18-19H2,1H3,(H2,33,34,37,38,40). The number of benzene rings is 3. The first-order chi connectivity index (χ1) is 19.4. The number of hydrogen-bond acceptors (Lipinski definition) is 4. The average molecular weight is 531 g/mol. The third kappa shape index (κ3) is 4.39. The zero-order chi connectivity index (χ0) is 27.8. The lowest BCUT2D eigenvalue weighted by Crippen LogP contribution is -2.54. The fourth-order valence-corrected chi connectivity index (χ4v) is 5.46. The molecule has 3 aromatic carbocycles. The molecule has 3 heterocycles. The number of nitrogens with zero attached hydrogens (tertiary/aromatic N) is 2. The summed E-state index contributed by atoms with van der Waals surface area (Å²) in [7, 11) is 0. The minimum absolute atomic E-state index is 0.279. The molecule has 40 heavy (non-hydrogen) atoms. The van der Waals surface area contributed by atoms with E-state index in [1.165, 1.54) is 0 Å². The molecule has 2 aromatic heterocycles. The van der Waals surface area contributed by atoms with Gasteiger partial charge in [0.2, 0.25) is 11.8 Å². The summed E-state index contributed by atoms with van der Waals surface area (Å²) in [6, 6.07) is 29.9. The maximum atomic E-state index is 14.4. The number of aromatic nitrogens is 2. The predicted octanol–water partition coefficient (Wildman–Crippen LogP) is 4.32. The van der Waals surface area contributed by atoms with E-state index in [0.717, 1.165) is 22.4 Å². The molecule has 0 unspecified atom stereocenters. The first-order valence-corrected chi connectivity index (χ1v) is 13.0. The van der Waals surface area contributed by atoms with Crippen LogP contribution in [-0.2, 0) is 22.7 Å². The maximum absolute atomic E-state index is 14.4. The van der Waals surface area contributed by atoms with Crippen LogP contribution in [-0.4, -0.2) is 27.0 Å². The molecule has 4 amide bonds. The van der Waals surface area contributed by atoms with Crippen LogP contribution >= 0.6 is 0 Å². The van der Waals surface area contributed by atoms with Gasteiger partial charge in [-0.3, -0.25) is 25.0 Å². The lowest BCUT2D eigenvalue weighted by molar-refractivity contribution is -0.132. The molecule has 0 radical (unpaired) electrons. The van der Waals surface area contributed by atoms with Crippen LogP contribution in [0.25, 0.3) is 22.2 Å². The van der Waals surface area contributed by atoms with E-state index in [4.69, 9.17) is 0 Å². The molecule has 0 atom stereocenters. The number of rotatable bonds is 6. The zero-order valence-electron chi connectivity index (χ0n) is 21.8. The Hall–Kier alpha value is -5.24. The number of pyridine rings is 1. The van der Waals surface area contributed by atoms with Crippen LogP contribution in [0, 0.1) is 6.92 Å². The fraction of sp³-hybridized carbons (Fsp3) is 0.125. The van der Waals surface area contributed by atoms with Crippen molar-refractivity contribution in [2.24, 2.45) is 0 Å². The number of aryl methyl sites for hydroxylation is 1. The van der Waals surface area contributed by atoms with Gasteiger partial charge in [0.1, 0.15) is 5.92 Å². The van der Waals surface area contributed by atoms with E-state index >= 15 is 0 Å². The largest absolute Gasteiger partial charge is 0.335 e. The maximum Gasteiger partial charge on any atom is 0.328 e. The van der Waals surface area contributed by atoms with Crippen LogP contribution in [0.4, 0.5) is 4.79 Å². The van der Waals surface area contributed by atoms with Crippen molar-refractivity contribution < 1.29 is 14.4 Å². The highest BCUT2D eigenvalue weighted by atomic mass is 16.2. The third-order valence-corrected chi connectivity index (χ3v) is 7.27. The molecule has 1 fully saturated rings. The van der Waals surface area contributed by atoms with Gasteiger partial charge in [0.25, 0.3) is 5.56 Å². The topological polar surface area (TPSA) is 102 Å².